The topological polar surface area (TPSA) is 61.7 Å². The minimum Gasteiger partial charge on any atom is -0.394 e. The molecular formula is C11H23NO3. The second-order valence-corrected chi connectivity index (χ2v) is 4.33. The summed E-state index contributed by atoms with van der Waals surface area (Å²) in [6.07, 6.45) is 3.80. The van der Waals surface area contributed by atoms with Gasteiger partial charge in [0, 0.05) is 19.3 Å². The van der Waals surface area contributed by atoms with Crippen LogP contribution in [0, 0.1) is 0 Å². The van der Waals surface area contributed by atoms with Gasteiger partial charge in [-0.25, -0.2) is 0 Å². The van der Waals surface area contributed by atoms with Gasteiger partial charge in [0.2, 0.25) is 0 Å². The second kappa shape index (κ2) is 6.43. The van der Waals surface area contributed by atoms with Crippen molar-refractivity contribution in [2.24, 2.45) is 0 Å². The molecule has 0 aromatic heterocycles. The van der Waals surface area contributed by atoms with E-state index in [2.05, 4.69) is 5.32 Å². The second-order valence-electron chi connectivity index (χ2n) is 4.33. The SMILES string of the molecule is CCC(CO)(CO)NC1CCCOCC1. The molecule has 1 atom stereocenters. The number of ether oxygens (including phenoxy) is 1. The standard InChI is InChI=1S/C11H23NO3/c1-2-11(8-13,9-14)12-10-4-3-6-15-7-5-10/h10,12-14H,2-9H2,1H3. The van der Waals surface area contributed by atoms with Crippen LogP contribution < -0.4 is 5.32 Å². The highest BCUT2D eigenvalue weighted by atomic mass is 16.5. The van der Waals surface area contributed by atoms with Crippen molar-refractivity contribution in [3.8, 4) is 0 Å². The Kier molecular flexibility index (Phi) is 5.53. The zero-order chi connectivity index (χ0) is 11.1. The highest BCUT2D eigenvalue weighted by molar-refractivity contribution is 4.89. The highest BCUT2D eigenvalue weighted by Gasteiger charge is 2.29. The number of nitrogens with one attached hydrogen (secondary N) is 1. The van der Waals surface area contributed by atoms with Gasteiger partial charge in [-0.1, -0.05) is 6.92 Å². The molecule has 0 amide bonds. The Hall–Kier alpha value is -0.160. The molecular weight excluding hydrogens is 194 g/mol. The van der Waals surface area contributed by atoms with Crippen LogP contribution in [0.2, 0.25) is 0 Å². The van der Waals surface area contributed by atoms with Gasteiger partial charge in [-0.3, -0.25) is 0 Å². The van der Waals surface area contributed by atoms with Gasteiger partial charge >= 0.3 is 0 Å². The first-order valence-corrected chi connectivity index (χ1v) is 5.83. The van der Waals surface area contributed by atoms with Crippen LogP contribution in [0.4, 0.5) is 0 Å². The Labute approximate surface area is 91.6 Å². The van der Waals surface area contributed by atoms with Gasteiger partial charge in [-0.2, -0.15) is 0 Å². The van der Waals surface area contributed by atoms with E-state index < -0.39 is 5.54 Å². The molecule has 1 unspecified atom stereocenters. The largest absolute Gasteiger partial charge is 0.394 e. The molecule has 1 aliphatic rings. The molecule has 1 saturated heterocycles. The monoisotopic (exact) mass is 217 g/mol. The Morgan fingerprint density at radius 2 is 2.00 bits per heavy atom. The van der Waals surface area contributed by atoms with Crippen molar-refractivity contribution < 1.29 is 14.9 Å². The Balaban J connectivity index is 2.48. The van der Waals surface area contributed by atoms with Crippen molar-refractivity contribution in [1.29, 1.82) is 0 Å². The minimum absolute atomic E-state index is 0.0165. The van der Waals surface area contributed by atoms with Crippen LogP contribution in [0.1, 0.15) is 32.6 Å². The van der Waals surface area contributed by atoms with E-state index in [-0.39, 0.29) is 13.2 Å². The third-order valence-electron chi connectivity index (χ3n) is 3.24. The summed E-state index contributed by atoms with van der Waals surface area (Å²) < 4.78 is 5.38. The summed E-state index contributed by atoms with van der Waals surface area (Å²) in [6, 6.07) is 0.353. The molecule has 0 spiro atoms. The van der Waals surface area contributed by atoms with Crippen LogP contribution in [-0.2, 0) is 4.74 Å². The summed E-state index contributed by atoms with van der Waals surface area (Å²) >= 11 is 0. The lowest BCUT2D eigenvalue weighted by molar-refractivity contribution is 0.0737. The van der Waals surface area contributed by atoms with E-state index in [9.17, 15) is 10.2 Å². The fourth-order valence-electron chi connectivity index (χ4n) is 1.95. The molecule has 1 heterocycles. The molecule has 3 N–H and O–H groups in total. The van der Waals surface area contributed by atoms with Gasteiger partial charge in [0.1, 0.15) is 0 Å². The van der Waals surface area contributed by atoms with Gasteiger partial charge in [0.05, 0.1) is 18.8 Å². The van der Waals surface area contributed by atoms with E-state index in [1.165, 1.54) is 0 Å². The molecule has 0 aromatic rings. The molecule has 0 aliphatic carbocycles. The van der Waals surface area contributed by atoms with Gasteiger partial charge in [-0.05, 0) is 25.7 Å². The maximum atomic E-state index is 9.32. The summed E-state index contributed by atoms with van der Waals surface area (Å²) in [6.45, 7) is 3.55. The van der Waals surface area contributed by atoms with E-state index in [0.717, 1.165) is 38.9 Å². The summed E-state index contributed by atoms with van der Waals surface area (Å²) in [5.41, 5.74) is -0.519. The first-order valence-electron chi connectivity index (χ1n) is 5.83. The van der Waals surface area contributed by atoms with Crippen molar-refractivity contribution in [1.82, 2.24) is 5.32 Å². The molecule has 1 rings (SSSR count). The van der Waals surface area contributed by atoms with Gasteiger partial charge in [0.25, 0.3) is 0 Å². The van der Waals surface area contributed by atoms with E-state index in [0.29, 0.717) is 6.04 Å². The molecule has 0 saturated carbocycles. The summed E-state index contributed by atoms with van der Waals surface area (Å²) in [5.74, 6) is 0. The minimum atomic E-state index is -0.519. The predicted molar refractivity (Wildman–Crippen MR) is 58.8 cm³/mol. The number of rotatable bonds is 5. The van der Waals surface area contributed by atoms with E-state index in [1.54, 1.807) is 0 Å². The Morgan fingerprint density at radius 1 is 1.27 bits per heavy atom. The molecule has 90 valence electrons. The van der Waals surface area contributed by atoms with Gasteiger partial charge in [-0.15, -0.1) is 0 Å². The zero-order valence-corrected chi connectivity index (χ0v) is 9.54. The fraction of sp³-hybridized carbons (Fsp3) is 1.00. The van der Waals surface area contributed by atoms with Crippen molar-refractivity contribution in [3.05, 3.63) is 0 Å². The lowest BCUT2D eigenvalue weighted by Gasteiger charge is -2.34. The number of aliphatic hydroxyl groups is 2. The summed E-state index contributed by atoms with van der Waals surface area (Å²) in [7, 11) is 0. The smallest absolute Gasteiger partial charge is 0.0647 e. The maximum absolute atomic E-state index is 9.32. The third-order valence-corrected chi connectivity index (χ3v) is 3.24. The van der Waals surface area contributed by atoms with Crippen molar-refractivity contribution >= 4 is 0 Å². The van der Waals surface area contributed by atoms with Gasteiger partial charge < -0.3 is 20.3 Å². The highest BCUT2D eigenvalue weighted by Crippen LogP contribution is 2.15. The first-order chi connectivity index (χ1) is 7.26. The predicted octanol–water partition coefficient (Wildman–Crippen LogP) is 0.278. The van der Waals surface area contributed by atoms with E-state index >= 15 is 0 Å². The number of hydrogen-bond acceptors (Lipinski definition) is 4. The van der Waals surface area contributed by atoms with Gasteiger partial charge in [0.15, 0.2) is 0 Å². The molecule has 0 bridgehead atoms. The van der Waals surface area contributed by atoms with Crippen LogP contribution in [0.5, 0.6) is 0 Å². The third kappa shape index (κ3) is 3.72. The number of hydrogen-bond donors (Lipinski definition) is 3. The van der Waals surface area contributed by atoms with Crippen molar-refractivity contribution in [2.75, 3.05) is 26.4 Å². The van der Waals surface area contributed by atoms with Crippen LogP contribution in [0.3, 0.4) is 0 Å². The lowest BCUT2D eigenvalue weighted by Crippen LogP contribution is -2.55. The van der Waals surface area contributed by atoms with Crippen molar-refractivity contribution in [3.63, 3.8) is 0 Å². The quantitative estimate of drug-likeness (QED) is 0.619. The average Bonchev–Trinajstić information content (AvgIpc) is 2.54. The summed E-state index contributed by atoms with van der Waals surface area (Å²) in [4.78, 5) is 0. The van der Waals surface area contributed by atoms with Crippen molar-refractivity contribution in [2.45, 2.75) is 44.2 Å². The molecule has 4 nitrogen and oxygen atoms in total. The molecule has 1 fully saturated rings. The maximum Gasteiger partial charge on any atom is 0.0647 e. The molecule has 4 heteroatoms. The molecule has 15 heavy (non-hydrogen) atoms. The lowest BCUT2D eigenvalue weighted by atomic mass is 9.95. The first kappa shape index (κ1) is 12.9. The Bertz CT molecular complexity index is 155. The fourth-order valence-corrected chi connectivity index (χ4v) is 1.95. The molecule has 1 aliphatic heterocycles. The number of aliphatic hydroxyl groups excluding tert-OH is 2. The van der Waals surface area contributed by atoms with Crippen LogP contribution >= 0.6 is 0 Å². The van der Waals surface area contributed by atoms with E-state index in [4.69, 9.17) is 4.74 Å². The van der Waals surface area contributed by atoms with Crippen LogP contribution in [0.15, 0.2) is 0 Å². The van der Waals surface area contributed by atoms with Crippen LogP contribution in [0.25, 0.3) is 0 Å². The normalized spacial score (nSPS) is 23.8. The van der Waals surface area contributed by atoms with E-state index in [1.807, 2.05) is 6.92 Å². The molecule has 0 radical (unpaired) electrons. The Morgan fingerprint density at radius 3 is 2.60 bits per heavy atom. The zero-order valence-electron chi connectivity index (χ0n) is 9.54. The summed E-state index contributed by atoms with van der Waals surface area (Å²) in [5, 5.41) is 22.0. The molecule has 0 aromatic carbocycles. The van der Waals surface area contributed by atoms with Crippen LogP contribution in [-0.4, -0.2) is 48.2 Å². The average molecular weight is 217 g/mol.